The molecule has 2 rings (SSSR count). The van der Waals surface area contributed by atoms with Crippen molar-refractivity contribution in [1.29, 1.82) is 0 Å². The van der Waals surface area contributed by atoms with Crippen molar-refractivity contribution in [3.63, 3.8) is 0 Å². The highest BCUT2D eigenvalue weighted by Crippen LogP contribution is 2.31. The summed E-state index contributed by atoms with van der Waals surface area (Å²) in [5.74, 6) is -0.973. The molecule has 0 aromatic heterocycles. The average Bonchev–Trinajstić information content (AvgIpc) is 2.66. The van der Waals surface area contributed by atoms with Crippen LogP contribution in [0.25, 0.3) is 0 Å². The number of carbonyl (C=O) groups excluding carboxylic acids is 2. The molecule has 1 amide bonds. The lowest BCUT2D eigenvalue weighted by Gasteiger charge is -2.32. The number of nitro groups is 1. The second kappa shape index (κ2) is 9.17. The molecule has 1 aliphatic heterocycles. The van der Waals surface area contributed by atoms with E-state index in [2.05, 4.69) is 5.32 Å². The fourth-order valence-corrected chi connectivity index (χ4v) is 2.96. The van der Waals surface area contributed by atoms with Gasteiger partial charge in [0.15, 0.2) is 6.10 Å². The molecule has 0 spiro atoms. The number of esters is 1. The maximum Gasteiger partial charge on any atom is 0.309 e. The Bertz CT molecular complexity index is 656. The van der Waals surface area contributed by atoms with Crippen LogP contribution in [0.5, 0.6) is 0 Å². The van der Waals surface area contributed by atoms with Gasteiger partial charge in [0.2, 0.25) is 0 Å². The zero-order chi connectivity index (χ0) is 19.1. The molecule has 1 heterocycles. The third kappa shape index (κ3) is 4.93. The number of hydrogen-bond acceptors (Lipinski definition) is 6. The fraction of sp³-hybridized carbons (Fsp3) is 0.556. The Hall–Kier alpha value is -2.64. The van der Waals surface area contributed by atoms with E-state index in [9.17, 15) is 19.7 Å². The van der Waals surface area contributed by atoms with Gasteiger partial charge in [-0.3, -0.25) is 19.7 Å². The monoisotopic (exact) mass is 363 g/mol. The van der Waals surface area contributed by atoms with Crippen LogP contribution >= 0.6 is 0 Å². The lowest BCUT2D eigenvalue weighted by atomic mass is 9.96. The molecule has 8 nitrogen and oxygen atoms in total. The third-order valence-corrected chi connectivity index (χ3v) is 4.46. The summed E-state index contributed by atoms with van der Waals surface area (Å²) in [4.78, 5) is 36.8. The van der Waals surface area contributed by atoms with Gasteiger partial charge in [-0.25, -0.2) is 0 Å². The van der Waals surface area contributed by atoms with E-state index in [1.54, 1.807) is 25.1 Å². The largest absolute Gasteiger partial charge is 0.452 e. The van der Waals surface area contributed by atoms with Gasteiger partial charge >= 0.3 is 5.97 Å². The van der Waals surface area contributed by atoms with Gasteiger partial charge in [0.25, 0.3) is 11.6 Å². The number of nitrogens with one attached hydrogen (secondary N) is 1. The van der Waals surface area contributed by atoms with Crippen LogP contribution in [0.4, 0.5) is 11.4 Å². The molecule has 26 heavy (non-hydrogen) atoms. The first kappa shape index (κ1) is 19.7. The Morgan fingerprint density at radius 1 is 1.35 bits per heavy atom. The van der Waals surface area contributed by atoms with Crippen LogP contribution in [-0.2, 0) is 14.3 Å². The molecule has 1 fully saturated rings. The summed E-state index contributed by atoms with van der Waals surface area (Å²) >= 11 is 0. The van der Waals surface area contributed by atoms with Crippen LogP contribution in [0, 0.1) is 16.0 Å². The van der Waals surface area contributed by atoms with Gasteiger partial charge in [-0.15, -0.1) is 0 Å². The van der Waals surface area contributed by atoms with Crippen molar-refractivity contribution in [2.75, 3.05) is 24.5 Å². The Morgan fingerprint density at radius 3 is 2.62 bits per heavy atom. The predicted octanol–water partition coefficient (Wildman–Crippen LogP) is 2.27. The highest BCUT2D eigenvalue weighted by molar-refractivity contribution is 5.84. The van der Waals surface area contributed by atoms with Gasteiger partial charge in [0, 0.05) is 25.7 Å². The quantitative estimate of drug-likeness (QED) is 0.453. The standard InChI is InChI=1S/C18H25N3O5/c1-3-10-19-17(22)13(2)26-18(23)14-8-11-20(12-9-14)15-6-4-5-7-16(15)21(24)25/h4-7,13-14H,3,8-12H2,1-2H3,(H,19,22). The summed E-state index contributed by atoms with van der Waals surface area (Å²) in [7, 11) is 0. The van der Waals surface area contributed by atoms with E-state index in [1.807, 2.05) is 11.8 Å². The molecule has 1 aliphatic rings. The molecule has 1 unspecified atom stereocenters. The van der Waals surface area contributed by atoms with E-state index in [0.717, 1.165) is 6.42 Å². The smallest absolute Gasteiger partial charge is 0.309 e. The van der Waals surface area contributed by atoms with Gasteiger partial charge in [0.1, 0.15) is 5.69 Å². The Morgan fingerprint density at radius 2 is 2.00 bits per heavy atom. The van der Waals surface area contributed by atoms with Crippen molar-refractivity contribution in [1.82, 2.24) is 5.32 Å². The zero-order valence-electron chi connectivity index (χ0n) is 15.1. The molecule has 1 saturated heterocycles. The topological polar surface area (TPSA) is 102 Å². The van der Waals surface area contributed by atoms with Crippen molar-refractivity contribution < 1.29 is 19.2 Å². The van der Waals surface area contributed by atoms with Gasteiger partial charge < -0.3 is 15.0 Å². The Labute approximate surface area is 152 Å². The van der Waals surface area contributed by atoms with Crippen LogP contribution in [0.2, 0.25) is 0 Å². The number of rotatable bonds is 7. The van der Waals surface area contributed by atoms with Gasteiger partial charge in [-0.05, 0) is 32.3 Å². The van der Waals surface area contributed by atoms with E-state index in [0.29, 0.717) is 38.2 Å². The number of carbonyl (C=O) groups is 2. The first-order valence-electron chi connectivity index (χ1n) is 8.90. The number of nitro benzene ring substituents is 1. The predicted molar refractivity (Wildman–Crippen MR) is 96.9 cm³/mol. The number of para-hydroxylation sites is 2. The van der Waals surface area contributed by atoms with Crippen LogP contribution in [0.15, 0.2) is 24.3 Å². The first-order chi connectivity index (χ1) is 12.4. The maximum absolute atomic E-state index is 12.3. The maximum atomic E-state index is 12.3. The summed E-state index contributed by atoms with van der Waals surface area (Å²) in [5.41, 5.74) is 0.631. The molecule has 1 aromatic rings. The molecule has 142 valence electrons. The summed E-state index contributed by atoms with van der Waals surface area (Å²) in [5, 5.41) is 13.9. The number of piperidine rings is 1. The Kier molecular flexibility index (Phi) is 6.94. The molecule has 1 N–H and O–H groups in total. The molecule has 8 heteroatoms. The van der Waals surface area contributed by atoms with Crippen LogP contribution in [0.1, 0.15) is 33.1 Å². The SMILES string of the molecule is CCCNC(=O)C(C)OC(=O)C1CCN(c2ccccc2[N+](=O)[O-])CC1. The van der Waals surface area contributed by atoms with Crippen LogP contribution < -0.4 is 10.2 Å². The van der Waals surface area contributed by atoms with Crippen molar-refractivity contribution >= 4 is 23.3 Å². The van der Waals surface area contributed by atoms with E-state index in [1.165, 1.54) is 6.07 Å². The van der Waals surface area contributed by atoms with Gasteiger partial charge in [0.05, 0.1) is 10.8 Å². The number of ether oxygens (including phenoxy) is 1. The number of benzene rings is 1. The second-order valence-corrected chi connectivity index (χ2v) is 6.38. The highest BCUT2D eigenvalue weighted by Gasteiger charge is 2.30. The molecule has 0 radical (unpaired) electrons. The molecule has 0 bridgehead atoms. The number of amides is 1. The van der Waals surface area contributed by atoms with Gasteiger partial charge in [-0.2, -0.15) is 0 Å². The minimum atomic E-state index is -0.817. The third-order valence-electron chi connectivity index (χ3n) is 4.46. The van der Waals surface area contributed by atoms with Crippen molar-refractivity contribution in [3.8, 4) is 0 Å². The van der Waals surface area contributed by atoms with Crippen LogP contribution in [-0.4, -0.2) is 42.5 Å². The van der Waals surface area contributed by atoms with E-state index < -0.39 is 11.0 Å². The average molecular weight is 363 g/mol. The fourth-order valence-electron chi connectivity index (χ4n) is 2.96. The second-order valence-electron chi connectivity index (χ2n) is 6.38. The number of nitrogens with zero attached hydrogens (tertiary/aromatic N) is 2. The molecular weight excluding hydrogens is 338 g/mol. The number of hydrogen-bond donors (Lipinski definition) is 1. The van der Waals surface area contributed by atoms with Gasteiger partial charge in [-0.1, -0.05) is 19.1 Å². The first-order valence-corrected chi connectivity index (χ1v) is 8.90. The normalized spacial score (nSPS) is 16.0. The van der Waals surface area contributed by atoms with Crippen molar-refractivity contribution in [3.05, 3.63) is 34.4 Å². The summed E-state index contributed by atoms with van der Waals surface area (Å²) in [6, 6.07) is 6.60. The van der Waals surface area contributed by atoms with E-state index >= 15 is 0 Å². The molecule has 0 saturated carbocycles. The minimum Gasteiger partial charge on any atom is -0.452 e. The summed E-state index contributed by atoms with van der Waals surface area (Å²) < 4.78 is 5.27. The zero-order valence-corrected chi connectivity index (χ0v) is 15.1. The Balaban J connectivity index is 1.89. The lowest BCUT2D eigenvalue weighted by Crippen LogP contribution is -2.40. The van der Waals surface area contributed by atoms with Crippen LogP contribution in [0.3, 0.4) is 0 Å². The highest BCUT2D eigenvalue weighted by atomic mass is 16.6. The summed E-state index contributed by atoms with van der Waals surface area (Å²) in [6.07, 6.45) is 1.07. The van der Waals surface area contributed by atoms with E-state index in [-0.39, 0.29) is 23.5 Å². The molecule has 0 aliphatic carbocycles. The van der Waals surface area contributed by atoms with Crippen molar-refractivity contribution in [2.24, 2.45) is 5.92 Å². The van der Waals surface area contributed by atoms with E-state index in [4.69, 9.17) is 4.74 Å². The van der Waals surface area contributed by atoms with Crippen molar-refractivity contribution in [2.45, 2.75) is 39.2 Å². The number of anilines is 1. The molecule has 1 atom stereocenters. The molecule has 1 aromatic carbocycles. The minimum absolute atomic E-state index is 0.0646. The summed E-state index contributed by atoms with van der Waals surface area (Å²) in [6.45, 7) is 5.12. The molecular formula is C18H25N3O5. The lowest BCUT2D eigenvalue weighted by molar-refractivity contribution is -0.384.